The fraction of sp³-hybridized carbons (Fsp3) is 0.769. The highest BCUT2D eigenvalue weighted by molar-refractivity contribution is 7.89. The lowest BCUT2D eigenvalue weighted by atomic mass is 10.1. The van der Waals surface area contributed by atoms with E-state index in [-0.39, 0.29) is 6.04 Å². The van der Waals surface area contributed by atoms with Gasteiger partial charge in [0.2, 0.25) is 10.0 Å². The summed E-state index contributed by atoms with van der Waals surface area (Å²) in [5, 5.41) is 4.29. The number of hydrogen-bond acceptors (Lipinski definition) is 4. The predicted octanol–water partition coefficient (Wildman–Crippen LogP) is 0.748. The van der Waals surface area contributed by atoms with Crippen LogP contribution in [0.1, 0.15) is 25.2 Å². The normalized spacial score (nSPS) is 24.4. The van der Waals surface area contributed by atoms with Gasteiger partial charge >= 0.3 is 0 Å². The fourth-order valence-corrected chi connectivity index (χ4v) is 4.75. The highest BCUT2D eigenvalue weighted by Gasteiger charge is 2.33. The summed E-state index contributed by atoms with van der Waals surface area (Å²) < 4.78 is 29.8. The molecule has 2 heterocycles. The summed E-state index contributed by atoms with van der Waals surface area (Å²) >= 11 is 0. The van der Waals surface area contributed by atoms with Gasteiger partial charge in [0.1, 0.15) is 4.90 Å². The number of aryl methyl sites for hydroxylation is 2. The smallest absolute Gasteiger partial charge is 0.244 e. The molecule has 1 aromatic rings. The molecule has 1 aliphatic rings. The molecule has 1 aliphatic heterocycles. The first-order valence-electron chi connectivity index (χ1n) is 7.01. The van der Waals surface area contributed by atoms with Gasteiger partial charge in [-0.1, -0.05) is 6.92 Å². The van der Waals surface area contributed by atoms with Crippen molar-refractivity contribution < 1.29 is 8.42 Å². The van der Waals surface area contributed by atoms with Crippen molar-refractivity contribution in [1.82, 2.24) is 19.4 Å². The van der Waals surface area contributed by atoms with Crippen LogP contribution in [-0.2, 0) is 16.6 Å². The molecule has 0 saturated carbocycles. The van der Waals surface area contributed by atoms with E-state index in [9.17, 15) is 8.42 Å². The summed E-state index contributed by atoms with van der Waals surface area (Å²) in [4.78, 5) is 2.48. The minimum absolute atomic E-state index is 0.0335. The van der Waals surface area contributed by atoms with Crippen LogP contribution in [-0.4, -0.2) is 49.3 Å². The van der Waals surface area contributed by atoms with Crippen LogP contribution in [0.4, 0.5) is 0 Å². The molecule has 0 unspecified atom stereocenters. The molecule has 114 valence electrons. The monoisotopic (exact) mass is 300 g/mol. The zero-order valence-electron chi connectivity index (χ0n) is 12.8. The van der Waals surface area contributed by atoms with Crippen LogP contribution in [0, 0.1) is 19.8 Å². The predicted molar refractivity (Wildman–Crippen MR) is 78.1 cm³/mol. The summed E-state index contributed by atoms with van der Waals surface area (Å²) in [7, 11) is -1.50. The first-order valence-corrected chi connectivity index (χ1v) is 8.49. The molecule has 0 aromatic carbocycles. The summed E-state index contributed by atoms with van der Waals surface area (Å²) in [6.07, 6.45) is 0. The average Bonchev–Trinajstić information content (AvgIpc) is 2.78. The minimum atomic E-state index is -3.51. The molecule has 7 heteroatoms. The van der Waals surface area contributed by atoms with Gasteiger partial charge in [0.25, 0.3) is 0 Å². The molecule has 2 atom stereocenters. The number of rotatable bonds is 4. The summed E-state index contributed by atoms with van der Waals surface area (Å²) in [6.45, 7) is 9.92. The lowest BCUT2D eigenvalue weighted by Gasteiger charge is -2.16. The van der Waals surface area contributed by atoms with Crippen molar-refractivity contribution in [1.29, 1.82) is 0 Å². The van der Waals surface area contributed by atoms with Gasteiger partial charge in [0.15, 0.2) is 0 Å². The van der Waals surface area contributed by atoms with Crippen molar-refractivity contribution in [2.75, 3.05) is 20.1 Å². The van der Waals surface area contributed by atoms with Gasteiger partial charge in [-0.15, -0.1) is 0 Å². The molecule has 1 fully saturated rings. The Kier molecular flexibility index (Phi) is 4.22. The zero-order chi connectivity index (χ0) is 15.1. The van der Waals surface area contributed by atoms with E-state index in [1.54, 1.807) is 11.6 Å². The van der Waals surface area contributed by atoms with E-state index in [4.69, 9.17) is 0 Å². The third kappa shape index (κ3) is 2.75. The Morgan fingerprint density at radius 1 is 1.35 bits per heavy atom. The molecule has 0 radical (unpaired) electrons. The Hall–Kier alpha value is -0.920. The number of likely N-dealkylation sites (N-methyl/N-ethyl adjacent to an activating group) is 1. The van der Waals surface area contributed by atoms with Crippen molar-refractivity contribution in [3.63, 3.8) is 0 Å². The quantitative estimate of drug-likeness (QED) is 0.891. The topological polar surface area (TPSA) is 67.2 Å². The molecule has 0 bridgehead atoms. The maximum absolute atomic E-state index is 12.6. The molecule has 0 amide bonds. The molecule has 1 N–H and O–H groups in total. The first-order chi connectivity index (χ1) is 9.26. The molecule has 0 aliphatic carbocycles. The van der Waals surface area contributed by atoms with Crippen LogP contribution < -0.4 is 4.72 Å². The van der Waals surface area contributed by atoms with Gasteiger partial charge in [-0.2, -0.15) is 5.10 Å². The Balaban J connectivity index is 2.29. The SMILES string of the molecule is CCn1nc(C)c(S(=O)(=O)N[C@@H]2CN(C)C[C@H]2C)c1C. The lowest BCUT2D eigenvalue weighted by molar-refractivity contribution is 0.400. The second-order valence-electron chi connectivity index (χ2n) is 5.74. The van der Waals surface area contributed by atoms with Crippen molar-refractivity contribution in [2.24, 2.45) is 5.92 Å². The number of nitrogens with one attached hydrogen (secondary N) is 1. The lowest BCUT2D eigenvalue weighted by Crippen LogP contribution is -2.39. The molecule has 20 heavy (non-hydrogen) atoms. The van der Waals surface area contributed by atoms with Crippen LogP contribution in [0.2, 0.25) is 0 Å². The number of nitrogens with zero attached hydrogens (tertiary/aromatic N) is 3. The van der Waals surface area contributed by atoms with Crippen LogP contribution in [0.25, 0.3) is 0 Å². The molecule has 2 rings (SSSR count). The van der Waals surface area contributed by atoms with E-state index in [0.717, 1.165) is 13.1 Å². The van der Waals surface area contributed by atoms with E-state index in [0.29, 0.717) is 28.7 Å². The molecular weight excluding hydrogens is 276 g/mol. The number of sulfonamides is 1. The van der Waals surface area contributed by atoms with Gasteiger partial charge in [-0.05, 0) is 33.7 Å². The molecule has 1 aromatic heterocycles. The average molecular weight is 300 g/mol. The standard InChI is InChI=1S/C13H24N4O2S/c1-6-17-11(4)13(10(3)14-17)20(18,19)15-12-8-16(5)7-9(12)2/h9,12,15H,6-8H2,1-5H3/t9-,12-/m1/s1. The molecule has 1 saturated heterocycles. The van der Waals surface area contributed by atoms with Crippen molar-refractivity contribution in [2.45, 2.75) is 45.2 Å². The van der Waals surface area contributed by atoms with E-state index in [1.165, 1.54) is 0 Å². The van der Waals surface area contributed by atoms with E-state index < -0.39 is 10.0 Å². The Morgan fingerprint density at radius 3 is 2.45 bits per heavy atom. The number of likely N-dealkylation sites (tertiary alicyclic amines) is 1. The first kappa shape index (κ1) is 15.5. The van der Waals surface area contributed by atoms with E-state index in [1.807, 2.05) is 20.9 Å². The van der Waals surface area contributed by atoms with Gasteiger partial charge in [0, 0.05) is 25.7 Å². The zero-order valence-corrected chi connectivity index (χ0v) is 13.7. The minimum Gasteiger partial charge on any atom is -0.304 e. The molecular formula is C13H24N4O2S. The largest absolute Gasteiger partial charge is 0.304 e. The summed E-state index contributed by atoms with van der Waals surface area (Å²) in [5.41, 5.74) is 1.27. The van der Waals surface area contributed by atoms with Crippen molar-refractivity contribution in [3.8, 4) is 0 Å². The van der Waals surface area contributed by atoms with Crippen LogP contribution >= 0.6 is 0 Å². The highest BCUT2D eigenvalue weighted by Crippen LogP contribution is 2.22. The van der Waals surface area contributed by atoms with Gasteiger partial charge in [0.05, 0.1) is 11.4 Å². The van der Waals surface area contributed by atoms with Gasteiger partial charge in [-0.3, -0.25) is 4.68 Å². The summed E-state index contributed by atoms with van der Waals surface area (Å²) in [6, 6.07) is -0.0335. The maximum Gasteiger partial charge on any atom is 0.244 e. The summed E-state index contributed by atoms with van der Waals surface area (Å²) in [5.74, 6) is 0.316. The second kappa shape index (κ2) is 5.46. The molecule has 6 nitrogen and oxygen atoms in total. The second-order valence-corrected chi connectivity index (χ2v) is 7.39. The van der Waals surface area contributed by atoms with Crippen LogP contribution in [0.5, 0.6) is 0 Å². The Labute approximate surface area is 121 Å². The van der Waals surface area contributed by atoms with E-state index in [2.05, 4.69) is 21.6 Å². The van der Waals surface area contributed by atoms with Gasteiger partial charge in [-0.25, -0.2) is 13.1 Å². The molecule has 0 spiro atoms. The van der Waals surface area contributed by atoms with E-state index >= 15 is 0 Å². The van der Waals surface area contributed by atoms with Crippen LogP contribution in [0.3, 0.4) is 0 Å². The third-order valence-electron chi connectivity index (χ3n) is 3.98. The van der Waals surface area contributed by atoms with Gasteiger partial charge < -0.3 is 4.90 Å². The van der Waals surface area contributed by atoms with Crippen LogP contribution in [0.15, 0.2) is 4.90 Å². The third-order valence-corrected chi connectivity index (χ3v) is 5.73. The van der Waals surface area contributed by atoms with Crippen molar-refractivity contribution in [3.05, 3.63) is 11.4 Å². The fourth-order valence-electron chi connectivity index (χ4n) is 3.00. The highest BCUT2D eigenvalue weighted by atomic mass is 32.2. The maximum atomic E-state index is 12.6. The van der Waals surface area contributed by atoms with Crippen molar-refractivity contribution >= 4 is 10.0 Å². The number of aromatic nitrogens is 2. The Morgan fingerprint density at radius 2 is 2.00 bits per heavy atom. The Bertz CT molecular complexity index is 594. The number of hydrogen-bond donors (Lipinski definition) is 1.